The van der Waals surface area contributed by atoms with Crippen molar-refractivity contribution < 1.29 is 9.53 Å². The third-order valence-corrected chi connectivity index (χ3v) is 2.88. The molecule has 20 heavy (non-hydrogen) atoms. The van der Waals surface area contributed by atoms with E-state index in [1.165, 1.54) is 0 Å². The Morgan fingerprint density at radius 2 is 1.90 bits per heavy atom. The van der Waals surface area contributed by atoms with Crippen LogP contribution in [-0.4, -0.2) is 11.7 Å². The topological polar surface area (TPSA) is 62.1 Å². The molecule has 1 aromatic rings. The zero-order valence-corrected chi connectivity index (χ0v) is 13.1. The number of amides is 1. The van der Waals surface area contributed by atoms with Crippen molar-refractivity contribution in [1.82, 2.24) is 0 Å². The van der Waals surface area contributed by atoms with Crippen molar-refractivity contribution in [3.05, 3.63) is 28.8 Å². The summed E-state index contributed by atoms with van der Waals surface area (Å²) >= 11 is 6.17. The molecule has 1 N–H and O–H groups in total. The van der Waals surface area contributed by atoms with Gasteiger partial charge in [0.25, 0.3) is 0 Å². The molecule has 0 aliphatic rings. The van der Waals surface area contributed by atoms with Crippen LogP contribution in [0.3, 0.4) is 0 Å². The summed E-state index contributed by atoms with van der Waals surface area (Å²) in [4.78, 5) is 11.6. The minimum absolute atomic E-state index is 0.435. The number of carbonyl (C=O) groups is 1. The highest BCUT2D eigenvalue weighted by Crippen LogP contribution is 2.31. The molecule has 1 amide bonds. The first kappa shape index (κ1) is 16.3. The quantitative estimate of drug-likeness (QED) is 0.874. The first-order valence-electron chi connectivity index (χ1n) is 6.26. The van der Waals surface area contributed by atoms with Crippen molar-refractivity contribution in [2.45, 2.75) is 45.6 Å². The molecule has 1 aromatic carbocycles. The summed E-state index contributed by atoms with van der Waals surface area (Å²) in [6.45, 7) is 8.94. The Morgan fingerprint density at radius 1 is 1.30 bits per heavy atom. The molecule has 0 bridgehead atoms. The van der Waals surface area contributed by atoms with E-state index < -0.39 is 17.1 Å². The number of ether oxygens (including phenoxy) is 1. The van der Waals surface area contributed by atoms with Gasteiger partial charge >= 0.3 is 6.09 Å². The van der Waals surface area contributed by atoms with Gasteiger partial charge < -0.3 is 4.74 Å². The molecular weight excluding hydrogens is 276 g/mol. The normalized spacial score (nSPS) is 11.7. The van der Waals surface area contributed by atoms with Gasteiger partial charge in [0.1, 0.15) is 5.60 Å². The van der Waals surface area contributed by atoms with Crippen molar-refractivity contribution in [2.24, 2.45) is 0 Å². The van der Waals surface area contributed by atoms with Gasteiger partial charge in [0.05, 0.1) is 11.5 Å². The minimum Gasteiger partial charge on any atom is -0.444 e. The molecule has 0 aliphatic carbocycles. The predicted molar refractivity (Wildman–Crippen MR) is 79.9 cm³/mol. The van der Waals surface area contributed by atoms with Crippen LogP contribution in [-0.2, 0) is 10.2 Å². The molecular formula is C15H19ClN2O2. The third kappa shape index (κ3) is 4.43. The SMILES string of the molecule is CC(C)(C)OC(=O)Nc1ccc(C(C)(C)C#N)c(Cl)c1. The lowest BCUT2D eigenvalue weighted by molar-refractivity contribution is 0.0636. The van der Waals surface area contributed by atoms with E-state index in [9.17, 15) is 4.79 Å². The molecule has 0 heterocycles. The van der Waals surface area contributed by atoms with E-state index >= 15 is 0 Å². The Bertz CT molecular complexity index is 554. The van der Waals surface area contributed by atoms with E-state index in [4.69, 9.17) is 21.6 Å². The van der Waals surface area contributed by atoms with Crippen LogP contribution in [0, 0.1) is 11.3 Å². The molecule has 1 rings (SSSR count). The molecule has 0 saturated carbocycles. The Balaban J connectivity index is 2.90. The molecule has 0 radical (unpaired) electrons. The van der Waals surface area contributed by atoms with Gasteiger partial charge in [-0.1, -0.05) is 17.7 Å². The summed E-state index contributed by atoms with van der Waals surface area (Å²) in [5.74, 6) is 0. The maximum atomic E-state index is 11.6. The van der Waals surface area contributed by atoms with Gasteiger partial charge in [0.15, 0.2) is 0 Å². The van der Waals surface area contributed by atoms with Crippen LogP contribution in [0.15, 0.2) is 18.2 Å². The first-order valence-corrected chi connectivity index (χ1v) is 6.64. The number of nitrogens with one attached hydrogen (secondary N) is 1. The maximum absolute atomic E-state index is 11.6. The van der Waals surface area contributed by atoms with E-state index in [-0.39, 0.29) is 0 Å². The number of nitrogens with zero attached hydrogens (tertiary/aromatic N) is 1. The van der Waals surface area contributed by atoms with Crippen LogP contribution in [0.2, 0.25) is 5.02 Å². The summed E-state index contributed by atoms with van der Waals surface area (Å²) in [5, 5.41) is 12.2. The lowest BCUT2D eigenvalue weighted by Gasteiger charge is -2.21. The van der Waals surface area contributed by atoms with Gasteiger partial charge in [-0.15, -0.1) is 0 Å². The largest absolute Gasteiger partial charge is 0.444 e. The number of hydrogen-bond donors (Lipinski definition) is 1. The number of benzene rings is 1. The molecule has 0 unspecified atom stereocenters. The van der Waals surface area contributed by atoms with Crippen LogP contribution in [0.5, 0.6) is 0 Å². The van der Waals surface area contributed by atoms with Gasteiger partial charge in [0, 0.05) is 10.7 Å². The number of rotatable bonds is 2. The molecule has 0 aromatic heterocycles. The van der Waals surface area contributed by atoms with Gasteiger partial charge in [-0.3, -0.25) is 5.32 Å². The van der Waals surface area contributed by atoms with Gasteiger partial charge in [-0.2, -0.15) is 5.26 Å². The first-order chi connectivity index (χ1) is 9.05. The van der Waals surface area contributed by atoms with Crippen molar-refractivity contribution in [1.29, 1.82) is 5.26 Å². The second kappa shape index (κ2) is 5.72. The molecule has 0 spiro atoms. The Hall–Kier alpha value is -1.73. The number of hydrogen-bond acceptors (Lipinski definition) is 3. The molecule has 0 fully saturated rings. The number of anilines is 1. The zero-order valence-electron chi connectivity index (χ0n) is 12.4. The number of carbonyl (C=O) groups excluding carboxylic acids is 1. The summed E-state index contributed by atoms with van der Waals surface area (Å²) in [6, 6.07) is 7.24. The molecule has 108 valence electrons. The lowest BCUT2D eigenvalue weighted by atomic mass is 9.86. The Morgan fingerprint density at radius 3 is 2.35 bits per heavy atom. The van der Waals surface area contributed by atoms with Crippen molar-refractivity contribution in [3.63, 3.8) is 0 Å². The fourth-order valence-corrected chi connectivity index (χ4v) is 2.00. The second-order valence-electron chi connectivity index (χ2n) is 6.06. The van der Waals surface area contributed by atoms with E-state index in [1.807, 2.05) is 0 Å². The standard InChI is InChI=1S/C15H19ClN2O2/c1-14(2,3)20-13(19)18-10-6-7-11(12(16)8-10)15(4,5)9-17/h6-8H,1-5H3,(H,18,19). The van der Waals surface area contributed by atoms with Crippen LogP contribution in [0.4, 0.5) is 10.5 Å². The van der Waals surface area contributed by atoms with Gasteiger partial charge in [0.2, 0.25) is 0 Å². The number of halogens is 1. The summed E-state index contributed by atoms with van der Waals surface area (Å²) in [6.07, 6.45) is -0.541. The Kier molecular flexibility index (Phi) is 4.67. The van der Waals surface area contributed by atoms with Gasteiger partial charge in [-0.25, -0.2) is 4.79 Å². The zero-order chi connectivity index (χ0) is 15.6. The smallest absolute Gasteiger partial charge is 0.412 e. The summed E-state index contributed by atoms with van der Waals surface area (Å²) in [5.41, 5.74) is 0.0103. The summed E-state index contributed by atoms with van der Waals surface area (Å²) < 4.78 is 5.15. The lowest BCUT2D eigenvalue weighted by Crippen LogP contribution is -2.27. The third-order valence-electron chi connectivity index (χ3n) is 2.57. The van der Waals surface area contributed by atoms with Crippen molar-refractivity contribution >= 4 is 23.4 Å². The molecule has 4 nitrogen and oxygen atoms in total. The Labute approximate surface area is 124 Å². The maximum Gasteiger partial charge on any atom is 0.412 e. The highest BCUT2D eigenvalue weighted by Gasteiger charge is 2.23. The van der Waals surface area contributed by atoms with Gasteiger partial charge in [-0.05, 0) is 52.3 Å². The van der Waals surface area contributed by atoms with E-state index in [0.29, 0.717) is 10.7 Å². The summed E-state index contributed by atoms with van der Waals surface area (Å²) in [7, 11) is 0. The highest BCUT2D eigenvalue weighted by molar-refractivity contribution is 6.31. The fraction of sp³-hybridized carbons (Fsp3) is 0.467. The molecule has 5 heteroatoms. The van der Waals surface area contributed by atoms with Crippen LogP contribution >= 0.6 is 11.6 Å². The van der Waals surface area contributed by atoms with Crippen LogP contribution in [0.1, 0.15) is 40.2 Å². The highest BCUT2D eigenvalue weighted by atomic mass is 35.5. The van der Waals surface area contributed by atoms with E-state index in [0.717, 1.165) is 5.56 Å². The monoisotopic (exact) mass is 294 g/mol. The average Bonchev–Trinajstić information content (AvgIpc) is 2.25. The van der Waals surface area contributed by atoms with Crippen LogP contribution < -0.4 is 5.32 Å². The molecule has 0 aliphatic heterocycles. The van der Waals surface area contributed by atoms with Crippen LogP contribution in [0.25, 0.3) is 0 Å². The predicted octanol–water partition coefficient (Wildman–Crippen LogP) is 4.49. The number of nitriles is 1. The van der Waals surface area contributed by atoms with E-state index in [2.05, 4.69) is 11.4 Å². The minimum atomic E-state index is -0.679. The molecule has 0 atom stereocenters. The van der Waals surface area contributed by atoms with Crippen molar-refractivity contribution in [2.75, 3.05) is 5.32 Å². The fourth-order valence-electron chi connectivity index (χ4n) is 1.58. The average molecular weight is 295 g/mol. The van der Waals surface area contributed by atoms with E-state index in [1.54, 1.807) is 52.8 Å². The second-order valence-corrected chi connectivity index (χ2v) is 6.47. The molecule has 0 saturated heterocycles. The van der Waals surface area contributed by atoms with Crippen molar-refractivity contribution in [3.8, 4) is 6.07 Å².